The second-order valence-corrected chi connectivity index (χ2v) is 3.40. The molecule has 0 aliphatic carbocycles. The molecule has 0 unspecified atom stereocenters. The lowest BCUT2D eigenvalue weighted by atomic mass is 10.0. The first kappa shape index (κ1) is 8.36. The van der Waals surface area contributed by atoms with E-state index in [9.17, 15) is 0 Å². The zero-order chi connectivity index (χ0) is 9.10. The van der Waals surface area contributed by atoms with Crippen LogP contribution < -0.4 is 0 Å². The van der Waals surface area contributed by atoms with E-state index in [-0.39, 0.29) is 0 Å². The van der Waals surface area contributed by atoms with Crippen LogP contribution in [0.3, 0.4) is 0 Å². The molecule has 1 nitrogen and oxygen atoms in total. The number of hydrogen-bond donors (Lipinski definition) is 0. The highest BCUT2D eigenvalue weighted by Crippen LogP contribution is 2.21. The summed E-state index contributed by atoms with van der Waals surface area (Å²) in [7, 11) is 0. The van der Waals surface area contributed by atoms with E-state index in [2.05, 4.69) is 25.1 Å². The molecule has 0 bridgehead atoms. The Balaban J connectivity index is 2.37. The first-order valence-corrected chi connectivity index (χ1v) is 4.85. The summed E-state index contributed by atoms with van der Waals surface area (Å²) in [6.45, 7) is 2.22. The van der Waals surface area contributed by atoms with Gasteiger partial charge in [-0.2, -0.15) is 0 Å². The van der Waals surface area contributed by atoms with E-state index in [0.29, 0.717) is 0 Å². The molecule has 0 radical (unpaired) electrons. The van der Waals surface area contributed by atoms with Crippen LogP contribution in [0, 0.1) is 0 Å². The van der Waals surface area contributed by atoms with Gasteiger partial charge in [0.25, 0.3) is 0 Å². The first-order chi connectivity index (χ1) is 6.42. The Kier molecular flexibility index (Phi) is 2.35. The van der Waals surface area contributed by atoms with Gasteiger partial charge in [0, 0.05) is 10.8 Å². The molecule has 13 heavy (non-hydrogen) atoms. The van der Waals surface area contributed by atoms with Gasteiger partial charge in [0.15, 0.2) is 0 Å². The van der Waals surface area contributed by atoms with Gasteiger partial charge in [0.05, 0.1) is 12.5 Å². The summed E-state index contributed by atoms with van der Waals surface area (Å²) in [4.78, 5) is 0. The molecule has 0 atom stereocenters. The highest BCUT2D eigenvalue weighted by atomic mass is 16.3. The van der Waals surface area contributed by atoms with Gasteiger partial charge in [0.1, 0.15) is 0 Å². The van der Waals surface area contributed by atoms with Crippen molar-refractivity contribution in [3.63, 3.8) is 0 Å². The summed E-state index contributed by atoms with van der Waals surface area (Å²) in [5.41, 5.74) is 1.41. The Hall–Kier alpha value is -1.24. The van der Waals surface area contributed by atoms with Crippen LogP contribution in [0.4, 0.5) is 0 Å². The van der Waals surface area contributed by atoms with E-state index >= 15 is 0 Å². The Morgan fingerprint density at radius 1 is 1.23 bits per heavy atom. The highest BCUT2D eigenvalue weighted by molar-refractivity contribution is 5.84. The van der Waals surface area contributed by atoms with Crippen LogP contribution in [-0.4, -0.2) is 0 Å². The summed E-state index contributed by atoms with van der Waals surface area (Å²) in [6, 6.07) is 6.38. The van der Waals surface area contributed by atoms with Gasteiger partial charge < -0.3 is 4.42 Å². The van der Waals surface area contributed by atoms with E-state index in [1.807, 2.05) is 12.5 Å². The zero-order valence-electron chi connectivity index (χ0n) is 7.92. The maximum absolute atomic E-state index is 5.19. The van der Waals surface area contributed by atoms with Crippen LogP contribution in [0.1, 0.15) is 25.3 Å². The molecule has 68 valence electrons. The maximum atomic E-state index is 5.19. The minimum atomic E-state index is 1.16. The maximum Gasteiger partial charge on any atom is 0.0984 e. The number of benzene rings is 1. The van der Waals surface area contributed by atoms with Crippen LogP contribution in [0.15, 0.2) is 35.1 Å². The van der Waals surface area contributed by atoms with Crippen LogP contribution in [0.5, 0.6) is 0 Å². The topological polar surface area (TPSA) is 13.1 Å². The molecule has 1 heteroatoms. The molecule has 2 rings (SSSR count). The van der Waals surface area contributed by atoms with Crippen molar-refractivity contribution >= 4 is 10.8 Å². The lowest BCUT2D eigenvalue weighted by Gasteiger charge is -2.00. The number of fused-ring (bicyclic) bond motifs is 1. The molecule has 0 amide bonds. The van der Waals surface area contributed by atoms with Crippen molar-refractivity contribution in [2.75, 3.05) is 0 Å². The van der Waals surface area contributed by atoms with Crippen LogP contribution in [-0.2, 0) is 6.42 Å². The smallest absolute Gasteiger partial charge is 0.0984 e. The Morgan fingerprint density at radius 3 is 3.00 bits per heavy atom. The van der Waals surface area contributed by atoms with Gasteiger partial charge in [0.2, 0.25) is 0 Å². The van der Waals surface area contributed by atoms with Gasteiger partial charge in [-0.3, -0.25) is 0 Å². The van der Waals surface area contributed by atoms with E-state index in [1.165, 1.54) is 29.2 Å². The van der Waals surface area contributed by atoms with Gasteiger partial charge in [-0.25, -0.2) is 0 Å². The van der Waals surface area contributed by atoms with E-state index in [4.69, 9.17) is 4.42 Å². The predicted molar refractivity (Wildman–Crippen MR) is 54.8 cm³/mol. The molecule has 0 spiro atoms. The summed E-state index contributed by atoms with van der Waals surface area (Å²) in [6.07, 6.45) is 7.32. The zero-order valence-corrected chi connectivity index (χ0v) is 7.92. The summed E-state index contributed by atoms with van der Waals surface area (Å²) in [5.74, 6) is 0. The quantitative estimate of drug-likeness (QED) is 0.690. The molecular formula is C12H14O. The van der Waals surface area contributed by atoms with Crippen LogP contribution in [0.25, 0.3) is 10.8 Å². The molecule has 0 fully saturated rings. The molecular weight excluding hydrogens is 160 g/mol. The lowest BCUT2D eigenvalue weighted by molar-refractivity contribution is 0.572. The SMILES string of the molecule is CCCCc1cccc2cocc12. The fourth-order valence-corrected chi connectivity index (χ4v) is 1.64. The summed E-state index contributed by atoms with van der Waals surface area (Å²) >= 11 is 0. The monoisotopic (exact) mass is 174 g/mol. The van der Waals surface area contributed by atoms with Crippen LogP contribution in [0.2, 0.25) is 0 Å². The van der Waals surface area contributed by atoms with Crippen molar-refractivity contribution in [1.29, 1.82) is 0 Å². The molecule has 1 heterocycles. The summed E-state index contributed by atoms with van der Waals surface area (Å²) in [5, 5.41) is 2.49. The molecule has 1 aromatic carbocycles. The average molecular weight is 174 g/mol. The van der Waals surface area contributed by atoms with Crippen molar-refractivity contribution in [2.45, 2.75) is 26.2 Å². The molecule has 0 aliphatic rings. The van der Waals surface area contributed by atoms with Crippen molar-refractivity contribution in [3.8, 4) is 0 Å². The van der Waals surface area contributed by atoms with Gasteiger partial charge in [-0.05, 0) is 18.4 Å². The average Bonchev–Trinajstić information content (AvgIpc) is 2.62. The largest absolute Gasteiger partial charge is 0.471 e. The number of rotatable bonds is 3. The third-order valence-corrected chi connectivity index (χ3v) is 2.41. The third-order valence-electron chi connectivity index (χ3n) is 2.41. The fourth-order valence-electron chi connectivity index (χ4n) is 1.64. The van der Waals surface area contributed by atoms with E-state index < -0.39 is 0 Å². The Labute approximate surface area is 78.4 Å². The first-order valence-electron chi connectivity index (χ1n) is 4.85. The van der Waals surface area contributed by atoms with E-state index in [1.54, 1.807) is 0 Å². The molecule has 1 aromatic heterocycles. The van der Waals surface area contributed by atoms with Crippen molar-refractivity contribution < 1.29 is 4.42 Å². The standard InChI is InChI=1S/C12H14O/c1-2-3-5-10-6-4-7-11-8-13-9-12(10)11/h4,6-9H,2-3,5H2,1H3. The minimum Gasteiger partial charge on any atom is -0.471 e. The van der Waals surface area contributed by atoms with Crippen molar-refractivity contribution in [3.05, 3.63) is 36.3 Å². The van der Waals surface area contributed by atoms with Gasteiger partial charge >= 0.3 is 0 Å². The molecule has 0 saturated heterocycles. The minimum absolute atomic E-state index is 1.16. The van der Waals surface area contributed by atoms with Gasteiger partial charge in [-0.1, -0.05) is 31.5 Å². The fraction of sp³-hybridized carbons (Fsp3) is 0.333. The number of unbranched alkanes of at least 4 members (excludes halogenated alkanes) is 1. The van der Waals surface area contributed by atoms with Crippen molar-refractivity contribution in [2.24, 2.45) is 0 Å². The second-order valence-electron chi connectivity index (χ2n) is 3.40. The lowest BCUT2D eigenvalue weighted by Crippen LogP contribution is -1.84. The molecule has 2 aromatic rings. The number of furan rings is 1. The Bertz CT molecular complexity index is 387. The normalized spacial score (nSPS) is 10.8. The number of aryl methyl sites for hydroxylation is 1. The predicted octanol–water partition coefficient (Wildman–Crippen LogP) is 3.78. The number of hydrogen-bond acceptors (Lipinski definition) is 1. The van der Waals surface area contributed by atoms with Crippen LogP contribution >= 0.6 is 0 Å². The van der Waals surface area contributed by atoms with Crippen molar-refractivity contribution in [1.82, 2.24) is 0 Å². The third kappa shape index (κ3) is 1.59. The molecule has 0 N–H and O–H groups in total. The second kappa shape index (κ2) is 3.65. The van der Waals surface area contributed by atoms with E-state index in [0.717, 1.165) is 6.42 Å². The highest BCUT2D eigenvalue weighted by Gasteiger charge is 2.01. The van der Waals surface area contributed by atoms with Gasteiger partial charge in [-0.15, -0.1) is 0 Å². The summed E-state index contributed by atoms with van der Waals surface area (Å²) < 4.78 is 5.19. The molecule has 0 saturated carbocycles. The molecule has 0 aliphatic heterocycles. The Morgan fingerprint density at radius 2 is 2.15 bits per heavy atom.